The molecular formula is C8H11NO4. The molecule has 0 radical (unpaired) electrons. The van der Waals surface area contributed by atoms with E-state index < -0.39 is 18.0 Å². The van der Waals surface area contributed by atoms with Crippen LogP contribution < -0.4 is 5.32 Å². The van der Waals surface area contributed by atoms with Crippen molar-refractivity contribution in [2.75, 3.05) is 6.54 Å². The summed E-state index contributed by atoms with van der Waals surface area (Å²) in [6, 6.07) is -0.609. The molecule has 1 rings (SSSR count). The van der Waals surface area contributed by atoms with E-state index in [9.17, 15) is 9.59 Å². The number of carboxylic acids is 1. The molecule has 5 heteroatoms. The quantitative estimate of drug-likeness (QED) is 0.459. The Labute approximate surface area is 75.4 Å². The summed E-state index contributed by atoms with van der Waals surface area (Å²) >= 11 is 0. The second-order valence-electron chi connectivity index (χ2n) is 2.80. The van der Waals surface area contributed by atoms with E-state index in [1.807, 2.05) is 0 Å². The van der Waals surface area contributed by atoms with E-state index in [1.165, 1.54) is 0 Å². The Bertz CT molecular complexity index is 238. The highest BCUT2D eigenvalue weighted by Gasteiger charge is 2.30. The third-order valence-electron chi connectivity index (χ3n) is 1.84. The fourth-order valence-electron chi connectivity index (χ4n) is 1.19. The van der Waals surface area contributed by atoms with E-state index in [-0.39, 0.29) is 6.10 Å². The zero-order valence-electron chi connectivity index (χ0n) is 7.03. The van der Waals surface area contributed by atoms with Crippen LogP contribution in [0.1, 0.15) is 6.42 Å². The maximum absolute atomic E-state index is 10.7. The first-order chi connectivity index (χ1) is 6.13. The maximum Gasteiger partial charge on any atom is 0.330 e. The van der Waals surface area contributed by atoms with Gasteiger partial charge in [0.2, 0.25) is 0 Å². The lowest BCUT2D eigenvalue weighted by Crippen LogP contribution is -2.30. The highest BCUT2D eigenvalue weighted by Crippen LogP contribution is 2.10. The molecule has 5 nitrogen and oxygen atoms in total. The van der Waals surface area contributed by atoms with Crippen molar-refractivity contribution in [1.29, 1.82) is 0 Å². The average Bonchev–Trinajstić information content (AvgIpc) is 2.52. The molecule has 0 saturated carbocycles. The monoisotopic (exact) mass is 185 g/mol. The lowest BCUT2D eigenvalue weighted by molar-refractivity contribution is -0.144. The Balaban J connectivity index is 2.37. The van der Waals surface area contributed by atoms with Gasteiger partial charge >= 0.3 is 11.9 Å². The van der Waals surface area contributed by atoms with Gasteiger partial charge < -0.3 is 15.2 Å². The minimum atomic E-state index is -0.919. The van der Waals surface area contributed by atoms with E-state index in [4.69, 9.17) is 9.84 Å². The Morgan fingerprint density at radius 1 is 1.62 bits per heavy atom. The highest BCUT2D eigenvalue weighted by molar-refractivity contribution is 5.81. The number of carboxylic acid groups (broad SMARTS) is 1. The topological polar surface area (TPSA) is 75.6 Å². The lowest BCUT2D eigenvalue weighted by atomic mass is 10.2. The number of carbonyl (C=O) groups is 2. The summed E-state index contributed by atoms with van der Waals surface area (Å²) in [5, 5.41) is 11.3. The van der Waals surface area contributed by atoms with Crippen LogP contribution in [0.15, 0.2) is 12.7 Å². The van der Waals surface area contributed by atoms with Crippen molar-refractivity contribution in [2.24, 2.45) is 0 Å². The molecular weight excluding hydrogens is 174 g/mol. The van der Waals surface area contributed by atoms with Crippen molar-refractivity contribution < 1.29 is 19.4 Å². The summed E-state index contributed by atoms with van der Waals surface area (Å²) in [5.41, 5.74) is 0. The van der Waals surface area contributed by atoms with Crippen molar-refractivity contribution in [1.82, 2.24) is 5.32 Å². The van der Waals surface area contributed by atoms with Gasteiger partial charge in [-0.15, -0.1) is 0 Å². The molecule has 72 valence electrons. The standard InChI is InChI=1S/C8H11NO4/c1-2-7(10)13-5-3-6(8(11)12)9-4-5/h2,5-6,9H,1,3-4H2,(H,11,12)/t5?,6-/m0/s1. The van der Waals surface area contributed by atoms with E-state index in [0.29, 0.717) is 13.0 Å². The SMILES string of the molecule is C=CC(=O)OC1CN[C@H](C(=O)O)C1. The van der Waals surface area contributed by atoms with E-state index in [0.717, 1.165) is 6.08 Å². The molecule has 1 fully saturated rings. The molecule has 0 aromatic rings. The molecule has 2 atom stereocenters. The molecule has 0 aliphatic carbocycles. The third kappa shape index (κ3) is 2.55. The van der Waals surface area contributed by atoms with Crippen LogP contribution in [0.4, 0.5) is 0 Å². The number of rotatable bonds is 3. The van der Waals surface area contributed by atoms with Gasteiger partial charge in [0, 0.05) is 19.0 Å². The Morgan fingerprint density at radius 3 is 2.77 bits per heavy atom. The molecule has 1 aliphatic rings. The number of hydrogen-bond donors (Lipinski definition) is 2. The van der Waals surface area contributed by atoms with Crippen molar-refractivity contribution >= 4 is 11.9 Å². The van der Waals surface area contributed by atoms with Crippen molar-refractivity contribution in [3.8, 4) is 0 Å². The lowest BCUT2D eigenvalue weighted by Gasteiger charge is -2.07. The highest BCUT2D eigenvalue weighted by atomic mass is 16.5. The molecule has 1 saturated heterocycles. The van der Waals surface area contributed by atoms with Gasteiger partial charge in [-0.25, -0.2) is 4.79 Å². The summed E-state index contributed by atoms with van der Waals surface area (Å²) < 4.78 is 4.86. The minimum absolute atomic E-state index is 0.314. The molecule has 0 amide bonds. The average molecular weight is 185 g/mol. The van der Waals surface area contributed by atoms with E-state index >= 15 is 0 Å². The second-order valence-corrected chi connectivity index (χ2v) is 2.80. The van der Waals surface area contributed by atoms with Crippen molar-refractivity contribution in [3.63, 3.8) is 0 Å². The van der Waals surface area contributed by atoms with Crippen LogP contribution in [0.25, 0.3) is 0 Å². The molecule has 0 bridgehead atoms. The fourth-order valence-corrected chi connectivity index (χ4v) is 1.19. The zero-order chi connectivity index (χ0) is 9.84. The Kier molecular flexibility index (Phi) is 3.02. The second kappa shape index (κ2) is 4.04. The molecule has 0 spiro atoms. The largest absolute Gasteiger partial charge is 0.480 e. The van der Waals surface area contributed by atoms with Crippen molar-refractivity contribution in [2.45, 2.75) is 18.6 Å². The first-order valence-corrected chi connectivity index (χ1v) is 3.92. The van der Waals surface area contributed by atoms with E-state index in [1.54, 1.807) is 0 Å². The van der Waals surface area contributed by atoms with Crippen LogP contribution in [0.3, 0.4) is 0 Å². The van der Waals surface area contributed by atoms with Gasteiger partial charge in [0.1, 0.15) is 12.1 Å². The summed E-state index contributed by atoms with van der Waals surface area (Å²) in [5.74, 6) is -1.44. The predicted octanol–water partition coefficient (Wildman–Crippen LogP) is -0.469. The van der Waals surface area contributed by atoms with Crippen LogP contribution in [-0.2, 0) is 14.3 Å². The van der Waals surface area contributed by atoms with Crippen LogP contribution >= 0.6 is 0 Å². The maximum atomic E-state index is 10.7. The number of nitrogens with one attached hydrogen (secondary N) is 1. The number of esters is 1. The van der Waals surface area contributed by atoms with Gasteiger partial charge in [-0.2, -0.15) is 0 Å². The molecule has 2 N–H and O–H groups in total. The third-order valence-corrected chi connectivity index (χ3v) is 1.84. The Morgan fingerprint density at radius 2 is 2.31 bits per heavy atom. The minimum Gasteiger partial charge on any atom is -0.480 e. The Hall–Kier alpha value is -1.36. The first-order valence-electron chi connectivity index (χ1n) is 3.92. The van der Waals surface area contributed by atoms with Crippen LogP contribution in [-0.4, -0.2) is 35.7 Å². The van der Waals surface area contributed by atoms with Gasteiger partial charge in [0.15, 0.2) is 0 Å². The number of carbonyl (C=O) groups excluding carboxylic acids is 1. The van der Waals surface area contributed by atoms with Crippen LogP contribution in [0, 0.1) is 0 Å². The number of hydrogen-bond acceptors (Lipinski definition) is 4. The smallest absolute Gasteiger partial charge is 0.330 e. The van der Waals surface area contributed by atoms with Gasteiger partial charge in [-0.05, 0) is 0 Å². The normalized spacial score (nSPS) is 26.8. The molecule has 13 heavy (non-hydrogen) atoms. The van der Waals surface area contributed by atoms with Crippen LogP contribution in [0.5, 0.6) is 0 Å². The van der Waals surface area contributed by atoms with Crippen molar-refractivity contribution in [3.05, 3.63) is 12.7 Å². The van der Waals surface area contributed by atoms with Gasteiger partial charge in [-0.1, -0.05) is 6.58 Å². The number of ether oxygens (including phenoxy) is 1. The predicted molar refractivity (Wildman–Crippen MR) is 44.1 cm³/mol. The fraction of sp³-hybridized carbons (Fsp3) is 0.500. The first kappa shape index (κ1) is 9.73. The van der Waals surface area contributed by atoms with E-state index in [2.05, 4.69) is 11.9 Å². The molecule has 0 aromatic carbocycles. The molecule has 0 aromatic heterocycles. The summed E-state index contributed by atoms with van der Waals surface area (Å²) in [6.45, 7) is 3.63. The summed E-state index contributed by atoms with van der Waals surface area (Å²) in [6.07, 6.45) is 1.02. The van der Waals surface area contributed by atoms with Gasteiger partial charge in [0.25, 0.3) is 0 Å². The summed E-state index contributed by atoms with van der Waals surface area (Å²) in [7, 11) is 0. The molecule has 1 heterocycles. The van der Waals surface area contributed by atoms with Gasteiger partial charge in [0.05, 0.1) is 0 Å². The van der Waals surface area contributed by atoms with Gasteiger partial charge in [-0.3, -0.25) is 4.79 Å². The molecule has 1 aliphatic heterocycles. The van der Waals surface area contributed by atoms with Crippen LogP contribution in [0.2, 0.25) is 0 Å². The summed E-state index contributed by atoms with van der Waals surface area (Å²) in [4.78, 5) is 21.2. The zero-order valence-corrected chi connectivity index (χ0v) is 7.03. The molecule has 1 unspecified atom stereocenters. The number of aliphatic carboxylic acids is 1.